The summed E-state index contributed by atoms with van der Waals surface area (Å²) in [4.78, 5) is 8.83. The SMILES string of the molecule is CC(C)NCc1cncc(-n2ccc(C3CC3)n2)n1. The maximum absolute atomic E-state index is 4.58. The summed E-state index contributed by atoms with van der Waals surface area (Å²) in [5.41, 5.74) is 2.11. The second kappa shape index (κ2) is 5.09. The Kier molecular flexibility index (Phi) is 3.29. The lowest BCUT2D eigenvalue weighted by Crippen LogP contribution is -2.22. The summed E-state index contributed by atoms with van der Waals surface area (Å²) in [6.07, 6.45) is 8.05. The highest BCUT2D eigenvalue weighted by Crippen LogP contribution is 2.38. The first kappa shape index (κ1) is 12.3. The van der Waals surface area contributed by atoms with E-state index in [-0.39, 0.29) is 0 Å². The van der Waals surface area contributed by atoms with Crippen LogP contribution >= 0.6 is 0 Å². The minimum absolute atomic E-state index is 0.441. The monoisotopic (exact) mass is 257 g/mol. The zero-order valence-corrected chi connectivity index (χ0v) is 11.4. The molecule has 1 N–H and O–H groups in total. The zero-order valence-electron chi connectivity index (χ0n) is 11.4. The molecule has 19 heavy (non-hydrogen) atoms. The Morgan fingerprint density at radius 2 is 2.21 bits per heavy atom. The highest BCUT2D eigenvalue weighted by molar-refractivity contribution is 5.22. The number of hydrogen-bond donors (Lipinski definition) is 1. The maximum atomic E-state index is 4.58. The normalized spacial score (nSPS) is 15.1. The smallest absolute Gasteiger partial charge is 0.172 e. The maximum Gasteiger partial charge on any atom is 0.172 e. The molecule has 1 aliphatic carbocycles. The molecule has 3 rings (SSSR count). The summed E-state index contributed by atoms with van der Waals surface area (Å²) >= 11 is 0. The first-order valence-corrected chi connectivity index (χ1v) is 6.82. The van der Waals surface area contributed by atoms with Crippen LogP contribution in [0, 0.1) is 0 Å². The first-order valence-electron chi connectivity index (χ1n) is 6.82. The van der Waals surface area contributed by atoms with Crippen LogP contribution in [0.3, 0.4) is 0 Å². The van der Waals surface area contributed by atoms with Crippen molar-refractivity contribution in [2.45, 2.75) is 45.2 Å². The quantitative estimate of drug-likeness (QED) is 0.890. The largest absolute Gasteiger partial charge is 0.309 e. The molecule has 0 amide bonds. The molecule has 0 unspecified atom stereocenters. The lowest BCUT2D eigenvalue weighted by atomic mass is 10.3. The molecule has 1 aliphatic rings. The van der Waals surface area contributed by atoms with E-state index < -0.39 is 0 Å². The van der Waals surface area contributed by atoms with Gasteiger partial charge in [0, 0.05) is 30.9 Å². The third kappa shape index (κ3) is 2.98. The van der Waals surface area contributed by atoms with Crippen molar-refractivity contribution in [3.63, 3.8) is 0 Å². The molecular formula is C14H19N5. The molecule has 0 spiro atoms. The van der Waals surface area contributed by atoms with Crippen LogP contribution in [0.4, 0.5) is 0 Å². The predicted octanol–water partition coefficient (Wildman–Crippen LogP) is 2.04. The van der Waals surface area contributed by atoms with Crippen LogP contribution in [0.15, 0.2) is 24.7 Å². The molecule has 0 radical (unpaired) electrons. The molecule has 0 bridgehead atoms. The fraction of sp³-hybridized carbons (Fsp3) is 0.500. The minimum Gasteiger partial charge on any atom is -0.309 e. The Labute approximate surface area is 113 Å². The van der Waals surface area contributed by atoms with Crippen molar-refractivity contribution >= 4 is 0 Å². The topological polar surface area (TPSA) is 55.6 Å². The second-order valence-electron chi connectivity index (χ2n) is 5.36. The third-order valence-corrected chi connectivity index (χ3v) is 3.20. The van der Waals surface area contributed by atoms with Gasteiger partial charge in [-0.15, -0.1) is 0 Å². The number of nitrogens with one attached hydrogen (secondary N) is 1. The highest BCUT2D eigenvalue weighted by Gasteiger charge is 2.25. The van der Waals surface area contributed by atoms with Crippen LogP contribution in [-0.2, 0) is 6.54 Å². The zero-order chi connectivity index (χ0) is 13.2. The summed E-state index contributed by atoms with van der Waals surface area (Å²) in [6.45, 7) is 4.97. The van der Waals surface area contributed by atoms with Crippen molar-refractivity contribution in [2.75, 3.05) is 0 Å². The van der Waals surface area contributed by atoms with Gasteiger partial charge in [0.1, 0.15) is 0 Å². The van der Waals surface area contributed by atoms with Crippen molar-refractivity contribution < 1.29 is 0 Å². The Morgan fingerprint density at radius 1 is 1.37 bits per heavy atom. The van der Waals surface area contributed by atoms with Crippen molar-refractivity contribution in [2.24, 2.45) is 0 Å². The molecule has 2 aromatic heterocycles. The summed E-state index contributed by atoms with van der Waals surface area (Å²) in [7, 11) is 0. The van der Waals surface area contributed by atoms with Gasteiger partial charge in [0.2, 0.25) is 0 Å². The lowest BCUT2D eigenvalue weighted by Gasteiger charge is -2.08. The van der Waals surface area contributed by atoms with E-state index in [1.54, 1.807) is 12.4 Å². The van der Waals surface area contributed by atoms with E-state index in [4.69, 9.17) is 0 Å². The fourth-order valence-corrected chi connectivity index (χ4v) is 1.96. The van der Waals surface area contributed by atoms with Gasteiger partial charge >= 0.3 is 0 Å². The van der Waals surface area contributed by atoms with Crippen molar-refractivity contribution in [3.8, 4) is 5.82 Å². The second-order valence-corrected chi connectivity index (χ2v) is 5.36. The summed E-state index contributed by atoms with van der Waals surface area (Å²) in [5, 5.41) is 7.91. The minimum atomic E-state index is 0.441. The Hall–Kier alpha value is -1.75. The predicted molar refractivity (Wildman–Crippen MR) is 73.1 cm³/mol. The van der Waals surface area contributed by atoms with Gasteiger partial charge in [0.15, 0.2) is 5.82 Å². The average molecular weight is 257 g/mol. The van der Waals surface area contributed by atoms with E-state index in [0.717, 1.165) is 18.1 Å². The summed E-state index contributed by atoms with van der Waals surface area (Å²) < 4.78 is 1.82. The molecule has 0 aliphatic heterocycles. The Bertz CT molecular complexity index is 556. The van der Waals surface area contributed by atoms with Crippen molar-refractivity contribution in [1.29, 1.82) is 0 Å². The van der Waals surface area contributed by atoms with Crippen molar-refractivity contribution in [3.05, 3.63) is 36.0 Å². The number of nitrogens with zero attached hydrogens (tertiary/aromatic N) is 4. The number of hydrogen-bond acceptors (Lipinski definition) is 4. The third-order valence-electron chi connectivity index (χ3n) is 3.20. The molecule has 5 heteroatoms. The van der Waals surface area contributed by atoms with Crippen LogP contribution in [0.25, 0.3) is 5.82 Å². The number of rotatable bonds is 5. The molecule has 100 valence electrons. The van der Waals surface area contributed by atoms with Gasteiger partial charge in [0.25, 0.3) is 0 Å². The molecule has 1 fully saturated rings. The van der Waals surface area contributed by atoms with E-state index in [1.807, 2.05) is 10.9 Å². The van der Waals surface area contributed by atoms with Gasteiger partial charge in [-0.2, -0.15) is 5.10 Å². The fourth-order valence-electron chi connectivity index (χ4n) is 1.96. The van der Waals surface area contributed by atoms with Crippen LogP contribution in [0.1, 0.15) is 44.0 Å². The molecule has 0 saturated heterocycles. The lowest BCUT2D eigenvalue weighted by molar-refractivity contribution is 0.578. The summed E-state index contributed by atoms with van der Waals surface area (Å²) in [5.74, 6) is 1.45. The van der Waals surface area contributed by atoms with E-state index in [0.29, 0.717) is 12.0 Å². The first-order chi connectivity index (χ1) is 9.22. The standard InChI is InChI=1S/C14H19N5/c1-10(2)16-8-12-7-15-9-14(17-12)19-6-5-13(18-19)11-3-4-11/h5-7,9-11,16H,3-4,8H2,1-2H3. The van der Waals surface area contributed by atoms with Crippen LogP contribution in [0.5, 0.6) is 0 Å². The van der Waals surface area contributed by atoms with Gasteiger partial charge in [-0.1, -0.05) is 13.8 Å². The average Bonchev–Trinajstić information content (AvgIpc) is 3.14. The van der Waals surface area contributed by atoms with E-state index in [9.17, 15) is 0 Å². The van der Waals surface area contributed by atoms with E-state index in [2.05, 4.69) is 40.3 Å². The van der Waals surface area contributed by atoms with Gasteiger partial charge in [-0.05, 0) is 18.9 Å². The Morgan fingerprint density at radius 3 is 2.95 bits per heavy atom. The van der Waals surface area contributed by atoms with E-state index in [1.165, 1.54) is 18.5 Å². The Balaban J connectivity index is 1.77. The van der Waals surface area contributed by atoms with Crippen LogP contribution < -0.4 is 5.32 Å². The van der Waals surface area contributed by atoms with Crippen molar-refractivity contribution in [1.82, 2.24) is 25.1 Å². The van der Waals surface area contributed by atoms with E-state index >= 15 is 0 Å². The molecule has 0 aromatic carbocycles. The van der Waals surface area contributed by atoms with Gasteiger partial charge < -0.3 is 5.32 Å². The number of aromatic nitrogens is 4. The summed E-state index contributed by atoms with van der Waals surface area (Å²) in [6, 6.07) is 2.52. The van der Waals surface area contributed by atoms with Gasteiger partial charge in [-0.25, -0.2) is 9.67 Å². The molecule has 2 aromatic rings. The van der Waals surface area contributed by atoms with Crippen LogP contribution in [0.2, 0.25) is 0 Å². The molecular weight excluding hydrogens is 238 g/mol. The highest BCUT2D eigenvalue weighted by atomic mass is 15.3. The molecule has 5 nitrogen and oxygen atoms in total. The molecule has 0 atom stereocenters. The molecule has 1 saturated carbocycles. The van der Waals surface area contributed by atoms with Gasteiger partial charge in [-0.3, -0.25) is 4.98 Å². The van der Waals surface area contributed by atoms with Crippen LogP contribution in [-0.4, -0.2) is 25.8 Å². The van der Waals surface area contributed by atoms with Gasteiger partial charge in [0.05, 0.1) is 17.6 Å². The molecule has 2 heterocycles.